The molecule has 4 heterocycles. The molecule has 8 nitrogen and oxygen atoms in total. The van der Waals surface area contributed by atoms with Gasteiger partial charge < -0.3 is 29.3 Å². The van der Waals surface area contributed by atoms with Crippen molar-refractivity contribution in [1.82, 2.24) is 39.5 Å². The van der Waals surface area contributed by atoms with Gasteiger partial charge in [0.15, 0.2) is 8.07 Å². The SMILES string of the molecule is CC(C)(C)c1n[c-]n(-c2cccc([Si](C)(C)c3cccc(-n4[c-]nc(C(C)(C)C)n4)n3)n2)n1.[Pt+2]. The van der Waals surface area contributed by atoms with Crippen LogP contribution < -0.4 is 10.6 Å². The number of hydrogen-bond donors (Lipinski definition) is 0. The zero-order valence-corrected chi connectivity index (χ0v) is 24.1. The Balaban J connectivity index is 0.00000324. The molecule has 0 unspecified atom stereocenters. The molecule has 4 rings (SSSR count). The van der Waals surface area contributed by atoms with E-state index < -0.39 is 8.07 Å². The summed E-state index contributed by atoms with van der Waals surface area (Å²) in [5.74, 6) is 2.87. The van der Waals surface area contributed by atoms with Crippen LogP contribution in [0.5, 0.6) is 0 Å². The maximum absolute atomic E-state index is 4.93. The monoisotopic (exact) mass is 653 g/mol. The third kappa shape index (κ3) is 5.25. The molecule has 0 aliphatic heterocycles. The summed E-state index contributed by atoms with van der Waals surface area (Å²) in [6.07, 6.45) is 5.92. The van der Waals surface area contributed by atoms with E-state index in [0.29, 0.717) is 11.6 Å². The van der Waals surface area contributed by atoms with Crippen LogP contribution in [0.25, 0.3) is 11.6 Å². The van der Waals surface area contributed by atoms with E-state index in [1.165, 1.54) is 0 Å². The van der Waals surface area contributed by atoms with Crippen molar-refractivity contribution < 1.29 is 21.1 Å². The minimum Gasteiger partial charge on any atom is -0.349 e. The largest absolute Gasteiger partial charge is 2.00 e. The summed E-state index contributed by atoms with van der Waals surface area (Å²) in [6.45, 7) is 17.0. The Hall–Kier alpha value is -2.51. The number of pyridine rings is 2. The molecule has 10 heteroatoms. The molecular formula is C24H30N8PtSi. The van der Waals surface area contributed by atoms with Crippen LogP contribution in [0.3, 0.4) is 0 Å². The fourth-order valence-electron chi connectivity index (χ4n) is 3.22. The Morgan fingerprint density at radius 3 is 1.38 bits per heavy atom. The molecule has 0 saturated heterocycles. The zero-order chi connectivity index (χ0) is 24.0. The van der Waals surface area contributed by atoms with Crippen molar-refractivity contribution in [3.8, 4) is 11.6 Å². The summed E-state index contributed by atoms with van der Waals surface area (Å²) >= 11 is 0. The van der Waals surface area contributed by atoms with Crippen molar-refractivity contribution in [3.63, 3.8) is 0 Å². The van der Waals surface area contributed by atoms with E-state index in [1.807, 2.05) is 24.3 Å². The van der Waals surface area contributed by atoms with Gasteiger partial charge in [0.2, 0.25) is 0 Å². The van der Waals surface area contributed by atoms with Crippen molar-refractivity contribution in [1.29, 1.82) is 0 Å². The van der Waals surface area contributed by atoms with Gasteiger partial charge in [-0.1, -0.05) is 78.9 Å². The fraction of sp³-hybridized carbons (Fsp3) is 0.417. The van der Waals surface area contributed by atoms with Crippen LogP contribution in [0.4, 0.5) is 0 Å². The number of hydrogen-bond acceptors (Lipinski definition) is 6. The van der Waals surface area contributed by atoms with Crippen LogP contribution in [0.1, 0.15) is 53.2 Å². The van der Waals surface area contributed by atoms with E-state index in [0.717, 1.165) is 22.3 Å². The predicted octanol–water partition coefficient (Wildman–Crippen LogP) is 2.65. The van der Waals surface area contributed by atoms with Gasteiger partial charge >= 0.3 is 21.1 Å². The average molecular weight is 654 g/mol. The first-order valence-corrected chi connectivity index (χ1v) is 14.0. The van der Waals surface area contributed by atoms with Crippen molar-refractivity contribution in [2.75, 3.05) is 0 Å². The van der Waals surface area contributed by atoms with E-state index in [-0.39, 0.29) is 31.9 Å². The first-order chi connectivity index (χ1) is 15.4. The van der Waals surface area contributed by atoms with Crippen LogP contribution in [0.2, 0.25) is 13.1 Å². The second kappa shape index (κ2) is 9.26. The molecule has 0 fully saturated rings. The van der Waals surface area contributed by atoms with E-state index >= 15 is 0 Å². The molecule has 0 amide bonds. The van der Waals surface area contributed by atoms with Crippen LogP contribution >= 0.6 is 0 Å². The van der Waals surface area contributed by atoms with E-state index in [1.54, 1.807) is 9.36 Å². The van der Waals surface area contributed by atoms with Gasteiger partial charge in [0.25, 0.3) is 0 Å². The quantitative estimate of drug-likeness (QED) is 0.249. The van der Waals surface area contributed by atoms with Crippen molar-refractivity contribution >= 4 is 18.7 Å². The summed E-state index contributed by atoms with van der Waals surface area (Å²) in [7, 11) is -2.22. The average Bonchev–Trinajstić information content (AvgIpc) is 3.44. The maximum atomic E-state index is 4.93. The smallest absolute Gasteiger partial charge is 0.349 e. The molecule has 180 valence electrons. The molecule has 34 heavy (non-hydrogen) atoms. The van der Waals surface area contributed by atoms with Gasteiger partial charge in [0, 0.05) is 23.3 Å². The minimum atomic E-state index is -2.22. The zero-order valence-electron chi connectivity index (χ0n) is 20.9. The minimum absolute atomic E-state index is 0. The summed E-state index contributed by atoms with van der Waals surface area (Å²) in [5.41, 5.74) is -0.300. The fourth-order valence-corrected chi connectivity index (χ4v) is 5.29. The summed E-state index contributed by atoms with van der Waals surface area (Å²) in [6, 6.07) is 12.0. The Morgan fingerprint density at radius 1 is 0.676 bits per heavy atom. The van der Waals surface area contributed by atoms with Crippen LogP contribution in [0, 0.1) is 12.7 Å². The number of aromatic nitrogens is 8. The standard InChI is InChI=1S/C24H30N8Si.Pt/c1-23(2,3)21-25-15-31(29-21)17-11-9-13-19(27-17)33(7,8)20-14-10-12-18(28-20)32-16-26-22(30-32)24(4,5)6;/h9-14H,1-8H3;/q-2;+2. The van der Waals surface area contributed by atoms with Gasteiger partial charge in [-0.15, -0.1) is 0 Å². The third-order valence-corrected chi connectivity index (χ3v) is 8.53. The number of nitrogens with zero attached hydrogens (tertiary/aromatic N) is 8. The molecule has 4 aromatic rings. The molecule has 0 N–H and O–H groups in total. The molecule has 0 saturated carbocycles. The van der Waals surface area contributed by atoms with Gasteiger partial charge in [0.05, 0.1) is 23.3 Å². The first-order valence-electron chi connectivity index (χ1n) is 11.0. The molecule has 0 atom stereocenters. The Labute approximate surface area is 216 Å². The van der Waals surface area contributed by atoms with Crippen LogP contribution in [-0.2, 0) is 31.9 Å². The first kappa shape index (κ1) is 26.1. The Bertz CT molecular complexity index is 1180. The summed E-state index contributed by atoms with van der Waals surface area (Å²) in [5, 5.41) is 11.2. The van der Waals surface area contributed by atoms with E-state index in [2.05, 4.69) is 99.6 Å². The van der Waals surface area contributed by atoms with Gasteiger partial charge in [-0.2, -0.15) is 0 Å². The maximum Gasteiger partial charge on any atom is 2.00 e. The van der Waals surface area contributed by atoms with Crippen molar-refractivity contribution in [2.45, 2.75) is 65.5 Å². The molecule has 0 aliphatic carbocycles. The van der Waals surface area contributed by atoms with E-state index in [9.17, 15) is 0 Å². The van der Waals surface area contributed by atoms with Gasteiger partial charge in [-0.25, -0.2) is 10.2 Å². The molecule has 0 spiro atoms. The van der Waals surface area contributed by atoms with Gasteiger partial charge in [-0.3, -0.25) is 0 Å². The van der Waals surface area contributed by atoms with Gasteiger partial charge in [0.1, 0.15) is 0 Å². The normalized spacial score (nSPS) is 12.5. The predicted molar refractivity (Wildman–Crippen MR) is 130 cm³/mol. The molecule has 0 aromatic carbocycles. The van der Waals surface area contributed by atoms with Crippen molar-refractivity contribution in [3.05, 3.63) is 60.7 Å². The summed E-state index contributed by atoms with van der Waals surface area (Å²) < 4.78 is 3.24. The Morgan fingerprint density at radius 2 is 1.06 bits per heavy atom. The van der Waals surface area contributed by atoms with Crippen LogP contribution in [0.15, 0.2) is 36.4 Å². The second-order valence-electron chi connectivity index (χ2n) is 10.8. The van der Waals surface area contributed by atoms with Crippen molar-refractivity contribution in [2.24, 2.45) is 0 Å². The molecule has 0 aliphatic rings. The molecule has 0 bridgehead atoms. The molecular weight excluding hydrogens is 623 g/mol. The topological polar surface area (TPSA) is 87.2 Å². The van der Waals surface area contributed by atoms with Gasteiger partial charge in [-0.05, 0) is 23.0 Å². The third-order valence-electron chi connectivity index (χ3n) is 5.42. The Kier molecular flexibility index (Phi) is 7.11. The number of rotatable bonds is 4. The second-order valence-corrected chi connectivity index (χ2v) is 15.1. The van der Waals surface area contributed by atoms with Crippen LogP contribution in [-0.4, -0.2) is 47.6 Å². The summed E-state index contributed by atoms with van der Waals surface area (Å²) in [4.78, 5) is 18.6. The van der Waals surface area contributed by atoms with E-state index in [4.69, 9.17) is 9.97 Å². The molecule has 0 radical (unpaired) electrons. The molecule has 4 aromatic heterocycles.